The number of nitrogens with zero attached hydrogens (tertiary/aromatic N) is 5. The molecule has 1 aromatic carbocycles. The van der Waals surface area contributed by atoms with Crippen LogP contribution < -0.4 is 15.8 Å². The highest BCUT2D eigenvalue weighted by molar-refractivity contribution is 5.87. The Hall–Kier alpha value is -3.53. The standard InChI is InChI=1S/C29H43N7O3/c1-7-8-9-13-31-26-25-23(32-27(30)33-26)12-14-36(25)17-21-11-10-20(15-24(21)38-6)16-35-18-22(19-35)34(5)28(37)39-29(2,3)4/h10-12,14-15,22H,7-9,13,16-19H2,1-6H3,(H3,30,31,32,33). The highest BCUT2D eigenvalue weighted by Gasteiger charge is 2.34. The Labute approximate surface area is 231 Å². The van der Waals surface area contributed by atoms with E-state index in [1.54, 1.807) is 12.0 Å². The van der Waals surface area contributed by atoms with Gasteiger partial charge in [-0.05, 0) is 44.9 Å². The molecule has 0 unspecified atom stereocenters. The van der Waals surface area contributed by atoms with Crippen molar-refractivity contribution in [1.82, 2.24) is 24.3 Å². The lowest BCUT2D eigenvalue weighted by atomic mass is 10.0. The Kier molecular flexibility index (Phi) is 8.84. The topological polar surface area (TPSA) is 111 Å². The summed E-state index contributed by atoms with van der Waals surface area (Å²) in [6, 6.07) is 8.50. The predicted molar refractivity (Wildman–Crippen MR) is 155 cm³/mol. The van der Waals surface area contributed by atoms with Crippen LogP contribution in [0.5, 0.6) is 5.75 Å². The molecule has 1 amide bonds. The van der Waals surface area contributed by atoms with Gasteiger partial charge < -0.3 is 30.0 Å². The number of fused-ring (bicyclic) bond motifs is 1. The third-order valence-corrected chi connectivity index (χ3v) is 6.97. The molecule has 0 atom stereocenters. The summed E-state index contributed by atoms with van der Waals surface area (Å²) in [6.45, 7) is 11.7. The SMILES string of the molecule is CCCCCNc1nc(N)nc2ccn(Cc3ccc(CN4CC(N(C)C(=O)OC(C)(C)C)C4)cc3OC)c12. The van der Waals surface area contributed by atoms with Gasteiger partial charge in [-0.1, -0.05) is 31.9 Å². The van der Waals surface area contributed by atoms with E-state index in [9.17, 15) is 4.79 Å². The van der Waals surface area contributed by atoms with E-state index >= 15 is 0 Å². The molecule has 1 aliphatic rings. The highest BCUT2D eigenvalue weighted by Crippen LogP contribution is 2.28. The molecule has 3 N–H and O–H groups in total. The summed E-state index contributed by atoms with van der Waals surface area (Å²) < 4.78 is 13.4. The first-order valence-electron chi connectivity index (χ1n) is 13.8. The number of unbranched alkanes of at least 4 members (excludes halogenated alkanes) is 2. The average Bonchev–Trinajstić information content (AvgIpc) is 3.25. The summed E-state index contributed by atoms with van der Waals surface area (Å²) in [6.07, 6.45) is 5.15. The maximum atomic E-state index is 12.4. The first kappa shape index (κ1) is 28.5. The Balaban J connectivity index is 1.41. The van der Waals surface area contributed by atoms with Gasteiger partial charge in [0.2, 0.25) is 5.95 Å². The van der Waals surface area contributed by atoms with Gasteiger partial charge in [-0.3, -0.25) is 4.90 Å². The molecule has 4 rings (SSSR count). The molecular weight excluding hydrogens is 494 g/mol. The monoisotopic (exact) mass is 537 g/mol. The second-order valence-corrected chi connectivity index (χ2v) is 11.3. The van der Waals surface area contributed by atoms with Gasteiger partial charge in [-0.15, -0.1) is 0 Å². The van der Waals surface area contributed by atoms with Crippen molar-refractivity contribution in [2.75, 3.05) is 44.8 Å². The van der Waals surface area contributed by atoms with Gasteiger partial charge >= 0.3 is 6.09 Å². The van der Waals surface area contributed by atoms with Gasteiger partial charge in [0.1, 0.15) is 16.9 Å². The van der Waals surface area contributed by atoms with Crippen LogP contribution in [0.1, 0.15) is 58.1 Å². The number of ether oxygens (including phenoxy) is 2. The molecule has 0 bridgehead atoms. The van der Waals surface area contributed by atoms with E-state index in [0.717, 1.165) is 67.2 Å². The second-order valence-electron chi connectivity index (χ2n) is 11.3. The molecule has 0 aliphatic carbocycles. The molecule has 1 aliphatic heterocycles. The smallest absolute Gasteiger partial charge is 0.410 e. The molecule has 0 radical (unpaired) electrons. The molecule has 1 fully saturated rings. The van der Waals surface area contributed by atoms with Gasteiger partial charge in [-0.2, -0.15) is 4.98 Å². The van der Waals surface area contributed by atoms with Crippen LogP contribution in [0.2, 0.25) is 0 Å². The molecule has 0 saturated carbocycles. The minimum Gasteiger partial charge on any atom is -0.496 e. The number of carbonyl (C=O) groups is 1. The lowest BCUT2D eigenvalue weighted by Crippen LogP contribution is -2.59. The molecule has 0 spiro atoms. The summed E-state index contributed by atoms with van der Waals surface area (Å²) in [4.78, 5) is 25.3. The van der Waals surface area contributed by atoms with E-state index in [2.05, 4.69) is 49.9 Å². The zero-order valence-electron chi connectivity index (χ0n) is 24.2. The van der Waals surface area contributed by atoms with E-state index in [0.29, 0.717) is 6.54 Å². The molecule has 1 saturated heterocycles. The molecule has 212 valence electrons. The Bertz CT molecular complexity index is 1280. The zero-order chi connectivity index (χ0) is 28.2. The molecular formula is C29H43N7O3. The first-order valence-corrected chi connectivity index (χ1v) is 13.8. The Morgan fingerprint density at radius 1 is 1.18 bits per heavy atom. The number of anilines is 2. The normalized spacial score (nSPS) is 14.3. The Morgan fingerprint density at radius 3 is 2.64 bits per heavy atom. The summed E-state index contributed by atoms with van der Waals surface area (Å²) in [7, 11) is 3.51. The van der Waals surface area contributed by atoms with Crippen molar-refractivity contribution in [1.29, 1.82) is 0 Å². The first-order chi connectivity index (χ1) is 18.6. The van der Waals surface area contributed by atoms with Gasteiger partial charge in [-0.25, -0.2) is 9.78 Å². The van der Waals surface area contributed by atoms with E-state index in [4.69, 9.17) is 15.2 Å². The van der Waals surface area contributed by atoms with Crippen LogP contribution >= 0.6 is 0 Å². The number of nitrogen functional groups attached to an aromatic ring is 1. The van der Waals surface area contributed by atoms with Crippen LogP contribution in [0.4, 0.5) is 16.6 Å². The number of nitrogens with one attached hydrogen (secondary N) is 1. The van der Waals surface area contributed by atoms with Crippen molar-refractivity contribution in [3.05, 3.63) is 41.6 Å². The molecule has 3 aromatic rings. The lowest BCUT2D eigenvalue weighted by molar-refractivity contribution is -0.00574. The van der Waals surface area contributed by atoms with Gasteiger partial charge in [0.05, 0.1) is 25.2 Å². The number of amides is 1. The number of hydrogen-bond donors (Lipinski definition) is 2. The van der Waals surface area contributed by atoms with Crippen LogP contribution in [0.15, 0.2) is 30.5 Å². The van der Waals surface area contributed by atoms with Crippen molar-refractivity contribution in [3.63, 3.8) is 0 Å². The number of carbonyl (C=O) groups excluding carboxylic acids is 1. The average molecular weight is 538 g/mol. The van der Waals surface area contributed by atoms with Crippen molar-refractivity contribution < 1.29 is 14.3 Å². The number of aromatic nitrogens is 3. The summed E-state index contributed by atoms with van der Waals surface area (Å²) in [5.41, 5.74) is 9.48. The van der Waals surface area contributed by atoms with E-state index in [-0.39, 0.29) is 18.1 Å². The van der Waals surface area contributed by atoms with Gasteiger partial charge in [0, 0.05) is 45.0 Å². The van der Waals surface area contributed by atoms with Crippen LogP contribution in [0.3, 0.4) is 0 Å². The van der Waals surface area contributed by atoms with Gasteiger partial charge in [0.15, 0.2) is 5.82 Å². The molecule has 10 heteroatoms. The number of hydrogen-bond acceptors (Lipinski definition) is 8. The summed E-state index contributed by atoms with van der Waals surface area (Å²) in [5.74, 6) is 1.87. The summed E-state index contributed by atoms with van der Waals surface area (Å²) in [5, 5.41) is 3.46. The largest absolute Gasteiger partial charge is 0.496 e. The van der Waals surface area contributed by atoms with Crippen LogP contribution in [-0.4, -0.2) is 75.9 Å². The number of likely N-dealkylation sites (N-methyl/N-ethyl adjacent to an activating group) is 1. The van der Waals surface area contributed by atoms with Crippen molar-refractivity contribution in [3.8, 4) is 5.75 Å². The maximum absolute atomic E-state index is 12.4. The third-order valence-electron chi connectivity index (χ3n) is 6.97. The quantitative estimate of drug-likeness (QED) is 0.338. The number of benzene rings is 1. The fourth-order valence-electron chi connectivity index (χ4n) is 4.82. The Morgan fingerprint density at radius 2 is 1.95 bits per heavy atom. The number of methoxy groups -OCH3 is 1. The molecule has 39 heavy (non-hydrogen) atoms. The van der Waals surface area contributed by atoms with Crippen molar-refractivity contribution in [2.24, 2.45) is 0 Å². The van der Waals surface area contributed by atoms with Crippen LogP contribution in [-0.2, 0) is 17.8 Å². The van der Waals surface area contributed by atoms with Crippen molar-refractivity contribution in [2.45, 2.75) is 71.7 Å². The van der Waals surface area contributed by atoms with E-state index in [1.807, 2.05) is 40.1 Å². The molecule has 10 nitrogen and oxygen atoms in total. The third kappa shape index (κ3) is 7.11. The van der Waals surface area contributed by atoms with E-state index in [1.165, 1.54) is 12.0 Å². The minimum atomic E-state index is -0.493. The number of likely N-dealkylation sites (tertiary alicyclic amines) is 1. The maximum Gasteiger partial charge on any atom is 0.410 e. The number of rotatable bonds is 11. The highest BCUT2D eigenvalue weighted by atomic mass is 16.6. The second kappa shape index (κ2) is 12.1. The van der Waals surface area contributed by atoms with Crippen LogP contribution in [0.25, 0.3) is 11.0 Å². The fraction of sp³-hybridized carbons (Fsp3) is 0.552. The molecule has 2 aromatic heterocycles. The summed E-state index contributed by atoms with van der Waals surface area (Å²) >= 11 is 0. The van der Waals surface area contributed by atoms with Crippen molar-refractivity contribution >= 4 is 28.9 Å². The van der Waals surface area contributed by atoms with Crippen LogP contribution in [0, 0.1) is 0 Å². The fourth-order valence-corrected chi connectivity index (χ4v) is 4.82. The molecule has 3 heterocycles. The number of nitrogens with two attached hydrogens (primary N) is 1. The zero-order valence-corrected chi connectivity index (χ0v) is 24.2. The minimum absolute atomic E-state index is 0.157. The lowest BCUT2D eigenvalue weighted by Gasteiger charge is -2.44. The van der Waals surface area contributed by atoms with E-state index < -0.39 is 5.60 Å². The predicted octanol–water partition coefficient (Wildman–Crippen LogP) is 4.72. The van der Waals surface area contributed by atoms with Gasteiger partial charge in [0.25, 0.3) is 0 Å².